The largest absolute Gasteiger partial charge is 0.464 e. The maximum absolute atomic E-state index is 11.1. The minimum Gasteiger partial charge on any atom is -0.464 e. The molecule has 0 fully saturated rings. The highest BCUT2D eigenvalue weighted by atomic mass is 16.5. The fourth-order valence-corrected chi connectivity index (χ4v) is 1.13. The molecule has 78 valence electrons. The molecule has 0 aromatic rings. The number of aliphatic hydroxyl groups excluding tert-OH is 1. The molecule has 0 aliphatic heterocycles. The molecular formula is C10H20O3. The van der Waals surface area contributed by atoms with Crippen molar-refractivity contribution in [3.05, 3.63) is 0 Å². The summed E-state index contributed by atoms with van der Waals surface area (Å²) in [7, 11) is 0. The Morgan fingerprint density at radius 2 is 1.92 bits per heavy atom. The molecule has 3 atom stereocenters. The van der Waals surface area contributed by atoms with Crippen LogP contribution in [-0.2, 0) is 9.53 Å². The van der Waals surface area contributed by atoms with E-state index in [1.54, 1.807) is 6.92 Å². The molecule has 0 aliphatic rings. The van der Waals surface area contributed by atoms with Crippen molar-refractivity contribution < 1.29 is 14.6 Å². The number of rotatable bonds is 5. The van der Waals surface area contributed by atoms with Gasteiger partial charge in [0.2, 0.25) is 0 Å². The van der Waals surface area contributed by atoms with E-state index < -0.39 is 12.1 Å². The molecule has 0 radical (unpaired) electrons. The van der Waals surface area contributed by atoms with Gasteiger partial charge in [0.1, 0.15) is 0 Å². The van der Waals surface area contributed by atoms with Crippen LogP contribution in [0.2, 0.25) is 0 Å². The van der Waals surface area contributed by atoms with Gasteiger partial charge in [0.05, 0.1) is 6.61 Å². The zero-order valence-corrected chi connectivity index (χ0v) is 8.91. The van der Waals surface area contributed by atoms with E-state index in [-0.39, 0.29) is 5.92 Å². The monoisotopic (exact) mass is 188 g/mol. The molecule has 0 bridgehead atoms. The van der Waals surface area contributed by atoms with E-state index in [2.05, 4.69) is 0 Å². The minimum atomic E-state index is -0.977. The number of esters is 1. The Hall–Kier alpha value is -0.570. The van der Waals surface area contributed by atoms with Crippen LogP contribution in [0.4, 0.5) is 0 Å². The van der Waals surface area contributed by atoms with Gasteiger partial charge < -0.3 is 9.84 Å². The predicted octanol–water partition coefficient (Wildman–Crippen LogP) is 1.59. The second-order valence-corrected chi connectivity index (χ2v) is 3.44. The van der Waals surface area contributed by atoms with E-state index in [9.17, 15) is 9.90 Å². The lowest BCUT2D eigenvalue weighted by Gasteiger charge is -2.22. The third-order valence-corrected chi connectivity index (χ3v) is 2.57. The lowest BCUT2D eigenvalue weighted by molar-refractivity contribution is -0.156. The molecule has 0 aromatic heterocycles. The van der Waals surface area contributed by atoms with Crippen LogP contribution in [0.1, 0.15) is 34.1 Å². The first kappa shape index (κ1) is 12.4. The van der Waals surface area contributed by atoms with Crippen molar-refractivity contribution in [3.8, 4) is 0 Å². The number of ether oxygens (including phenoxy) is 1. The second-order valence-electron chi connectivity index (χ2n) is 3.44. The van der Waals surface area contributed by atoms with Crippen LogP contribution in [0.25, 0.3) is 0 Å². The number of aliphatic hydroxyl groups is 1. The number of hydrogen-bond donors (Lipinski definition) is 1. The third kappa shape index (κ3) is 3.77. The summed E-state index contributed by atoms with van der Waals surface area (Å²) in [5.74, 6) is -0.209. The first-order valence-corrected chi connectivity index (χ1v) is 4.89. The number of carbonyl (C=O) groups is 1. The van der Waals surface area contributed by atoms with Gasteiger partial charge in [-0.05, 0) is 18.8 Å². The quantitative estimate of drug-likeness (QED) is 0.666. The molecule has 0 aliphatic carbocycles. The summed E-state index contributed by atoms with van der Waals surface area (Å²) in [6.07, 6.45) is -0.0210. The van der Waals surface area contributed by atoms with Crippen LogP contribution < -0.4 is 0 Å². The van der Waals surface area contributed by atoms with Gasteiger partial charge in [0, 0.05) is 0 Å². The van der Waals surface area contributed by atoms with Gasteiger partial charge in [-0.3, -0.25) is 0 Å². The van der Waals surface area contributed by atoms with Gasteiger partial charge in [-0.1, -0.05) is 27.2 Å². The molecule has 0 saturated heterocycles. The van der Waals surface area contributed by atoms with Gasteiger partial charge in [-0.15, -0.1) is 0 Å². The summed E-state index contributed by atoms with van der Waals surface area (Å²) in [6.45, 7) is 7.99. The molecule has 0 saturated carbocycles. The fourth-order valence-electron chi connectivity index (χ4n) is 1.13. The summed E-state index contributed by atoms with van der Waals surface area (Å²) in [5, 5.41) is 9.54. The molecule has 0 rings (SSSR count). The van der Waals surface area contributed by atoms with E-state index in [1.165, 1.54) is 0 Å². The Kier molecular flexibility index (Phi) is 5.71. The SMILES string of the molecule is CCOC(=O)C(O)C(C)C(C)CC. The van der Waals surface area contributed by atoms with E-state index in [0.717, 1.165) is 6.42 Å². The zero-order valence-electron chi connectivity index (χ0n) is 8.91. The summed E-state index contributed by atoms with van der Waals surface area (Å²) in [5.41, 5.74) is 0. The van der Waals surface area contributed by atoms with Crippen molar-refractivity contribution >= 4 is 5.97 Å². The van der Waals surface area contributed by atoms with Crippen LogP contribution in [0.3, 0.4) is 0 Å². The Labute approximate surface area is 80.1 Å². The normalized spacial score (nSPS) is 17.6. The first-order valence-electron chi connectivity index (χ1n) is 4.89. The molecule has 3 heteroatoms. The van der Waals surface area contributed by atoms with Gasteiger partial charge in [-0.25, -0.2) is 4.79 Å². The maximum Gasteiger partial charge on any atom is 0.335 e. The first-order chi connectivity index (χ1) is 6.04. The Balaban J connectivity index is 4.07. The Morgan fingerprint density at radius 1 is 1.38 bits per heavy atom. The molecule has 3 nitrogen and oxygen atoms in total. The molecule has 0 spiro atoms. The zero-order chi connectivity index (χ0) is 10.4. The Bertz CT molecular complexity index is 156. The smallest absolute Gasteiger partial charge is 0.335 e. The molecule has 13 heavy (non-hydrogen) atoms. The van der Waals surface area contributed by atoms with Crippen LogP contribution in [-0.4, -0.2) is 23.8 Å². The topological polar surface area (TPSA) is 46.5 Å². The average molecular weight is 188 g/mol. The van der Waals surface area contributed by atoms with Gasteiger partial charge in [0.25, 0.3) is 0 Å². The highest BCUT2D eigenvalue weighted by molar-refractivity contribution is 5.74. The molecular weight excluding hydrogens is 168 g/mol. The van der Waals surface area contributed by atoms with Crippen LogP contribution in [0.5, 0.6) is 0 Å². The van der Waals surface area contributed by atoms with Gasteiger partial charge >= 0.3 is 5.97 Å². The number of carbonyl (C=O) groups excluding carboxylic acids is 1. The highest BCUT2D eigenvalue weighted by Crippen LogP contribution is 2.19. The molecule has 1 N–H and O–H groups in total. The molecule has 0 amide bonds. The van der Waals surface area contributed by atoms with Crippen molar-refractivity contribution in [1.82, 2.24) is 0 Å². The fraction of sp³-hybridized carbons (Fsp3) is 0.900. The van der Waals surface area contributed by atoms with E-state index in [0.29, 0.717) is 12.5 Å². The second kappa shape index (κ2) is 5.97. The van der Waals surface area contributed by atoms with Crippen molar-refractivity contribution in [3.63, 3.8) is 0 Å². The average Bonchev–Trinajstić information content (AvgIpc) is 2.14. The van der Waals surface area contributed by atoms with Crippen molar-refractivity contribution in [2.24, 2.45) is 11.8 Å². The van der Waals surface area contributed by atoms with Crippen LogP contribution >= 0.6 is 0 Å². The van der Waals surface area contributed by atoms with Crippen LogP contribution in [0.15, 0.2) is 0 Å². The lowest BCUT2D eigenvalue weighted by atomic mass is 9.89. The van der Waals surface area contributed by atoms with Crippen molar-refractivity contribution in [2.45, 2.75) is 40.2 Å². The van der Waals surface area contributed by atoms with E-state index in [1.807, 2.05) is 20.8 Å². The summed E-state index contributed by atoms with van der Waals surface area (Å²) < 4.78 is 4.73. The van der Waals surface area contributed by atoms with Crippen molar-refractivity contribution in [1.29, 1.82) is 0 Å². The van der Waals surface area contributed by atoms with Gasteiger partial charge in [0.15, 0.2) is 6.10 Å². The maximum atomic E-state index is 11.1. The van der Waals surface area contributed by atoms with Crippen LogP contribution in [0, 0.1) is 11.8 Å². The Morgan fingerprint density at radius 3 is 2.31 bits per heavy atom. The van der Waals surface area contributed by atoms with E-state index >= 15 is 0 Å². The standard InChI is InChI=1S/C10H20O3/c1-5-7(3)8(4)9(11)10(12)13-6-2/h7-9,11H,5-6H2,1-4H3. The summed E-state index contributed by atoms with van der Waals surface area (Å²) in [4.78, 5) is 11.1. The lowest BCUT2D eigenvalue weighted by Crippen LogP contribution is -2.33. The van der Waals surface area contributed by atoms with Crippen molar-refractivity contribution in [2.75, 3.05) is 6.61 Å². The minimum absolute atomic E-state index is 0.0379. The molecule has 0 heterocycles. The van der Waals surface area contributed by atoms with E-state index in [4.69, 9.17) is 4.74 Å². The molecule has 3 unspecified atom stereocenters. The van der Waals surface area contributed by atoms with Gasteiger partial charge in [-0.2, -0.15) is 0 Å². The molecule has 0 aromatic carbocycles. The number of hydrogen-bond acceptors (Lipinski definition) is 3. The summed E-state index contributed by atoms with van der Waals surface area (Å²) in [6, 6.07) is 0. The third-order valence-electron chi connectivity index (χ3n) is 2.57. The summed E-state index contributed by atoms with van der Waals surface area (Å²) >= 11 is 0. The highest BCUT2D eigenvalue weighted by Gasteiger charge is 2.26. The predicted molar refractivity (Wildman–Crippen MR) is 51.3 cm³/mol.